The molecule has 0 saturated carbocycles. The van der Waals surface area contributed by atoms with Crippen LogP contribution in [-0.2, 0) is 15.4 Å². The van der Waals surface area contributed by atoms with Gasteiger partial charge in [-0.05, 0) is 41.3 Å². The van der Waals surface area contributed by atoms with Crippen molar-refractivity contribution >= 4 is 33.1 Å². The summed E-state index contributed by atoms with van der Waals surface area (Å²) in [5.41, 5.74) is 2.69. The Bertz CT molecular complexity index is 854. The number of para-hydroxylation sites is 1. The second kappa shape index (κ2) is 7.14. The number of carbonyl (C=O) groups excluding carboxylic acids is 1. The van der Waals surface area contributed by atoms with E-state index in [-0.39, 0.29) is 11.4 Å². The fourth-order valence-corrected chi connectivity index (χ4v) is 2.93. The molecule has 0 radical (unpaired) electrons. The van der Waals surface area contributed by atoms with Crippen molar-refractivity contribution in [3.63, 3.8) is 0 Å². The van der Waals surface area contributed by atoms with E-state index in [1.54, 1.807) is 24.3 Å². The highest BCUT2D eigenvalue weighted by atomic mass is 32.2. The van der Waals surface area contributed by atoms with Crippen LogP contribution in [-0.4, -0.2) is 20.7 Å². The van der Waals surface area contributed by atoms with Crippen LogP contribution in [0.3, 0.4) is 0 Å². The number of carbonyl (C=O) groups is 1. The Morgan fingerprint density at radius 1 is 0.880 bits per heavy atom. The molecule has 2 aromatic carbocycles. The molecule has 0 saturated heterocycles. The van der Waals surface area contributed by atoms with Gasteiger partial charge in [0.2, 0.25) is 10.0 Å². The van der Waals surface area contributed by atoms with Crippen molar-refractivity contribution in [2.45, 2.75) is 26.2 Å². The van der Waals surface area contributed by atoms with Crippen molar-refractivity contribution in [1.82, 2.24) is 0 Å². The Labute approximate surface area is 148 Å². The zero-order valence-corrected chi connectivity index (χ0v) is 15.6. The summed E-state index contributed by atoms with van der Waals surface area (Å²) in [7, 11) is -3.32. The molecule has 0 atom stereocenters. The number of sulfonamides is 1. The summed E-state index contributed by atoms with van der Waals surface area (Å²) in [5.74, 6) is 0. The summed E-state index contributed by atoms with van der Waals surface area (Å²) in [4.78, 5) is 12.2. The Morgan fingerprint density at radius 2 is 1.44 bits per heavy atom. The first kappa shape index (κ1) is 18.8. The maximum atomic E-state index is 12.2. The van der Waals surface area contributed by atoms with Crippen LogP contribution in [0, 0.1) is 0 Å². The number of amides is 2. The molecule has 134 valence electrons. The molecule has 0 aromatic heterocycles. The van der Waals surface area contributed by atoms with E-state index >= 15 is 0 Å². The van der Waals surface area contributed by atoms with E-state index in [1.807, 2.05) is 24.3 Å². The lowest BCUT2D eigenvalue weighted by Gasteiger charge is -2.23. The van der Waals surface area contributed by atoms with E-state index in [0.29, 0.717) is 11.4 Å². The van der Waals surface area contributed by atoms with Crippen LogP contribution in [0.15, 0.2) is 48.5 Å². The first-order valence-corrected chi connectivity index (χ1v) is 9.69. The zero-order valence-electron chi connectivity index (χ0n) is 14.8. The van der Waals surface area contributed by atoms with Gasteiger partial charge in [0.25, 0.3) is 0 Å². The molecule has 0 fully saturated rings. The van der Waals surface area contributed by atoms with Gasteiger partial charge in [0.05, 0.1) is 6.26 Å². The van der Waals surface area contributed by atoms with Gasteiger partial charge in [-0.3, -0.25) is 4.72 Å². The van der Waals surface area contributed by atoms with E-state index in [2.05, 4.69) is 36.1 Å². The van der Waals surface area contributed by atoms with E-state index < -0.39 is 10.0 Å². The Hall–Kier alpha value is -2.54. The minimum absolute atomic E-state index is 0.0944. The van der Waals surface area contributed by atoms with Gasteiger partial charge in [0, 0.05) is 17.1 Å². The molecule has 7 heteroatoms. The molecule has 0 bridgehead atoms. The summed E-state index contributed by atoms with van der Waals surface area (Å²) >= 11 is 0. The molecule has 0 aliphatic rings. The molecule has 0 aliphatic carbocycles. The number of hydrogen-bond acceptors (Lipinski definition) is 3. The van der Waals surface area contributed by atoms with E-state index in [0.717, 1.165) is 17.5 Å². The Morgan fingerprint density at radius 3 is 2.00 bits per heavy atom. The largest absolute Gasteiger partial charge is 0.323 e. The first-order valence-electron chi connectivity index (χ1n) is 7.80. The number of urea groups is 1. The zero-order chi connectivity index (χ0) is 18.7. The van der Waals surface area contributed by atoms with Crippen LogP contribution < -0.4 is 15.4 Å². The van der Waals surface area contributed by atoms with Gasteiger partial charge in [-0.25, -0.2) is 13.2 Å². The van der Waals surface area contributed by atoms with Crippen molar-refractivity contribution in [1.29, 1.82) is 0 Å². The smallest absolute Gasteiger partial charge is 0.308 e. The van der Waals surface area contributed by atoms with Gasteiger partial charge in [-0.15, -0.1) is 0 Å². The summed E-state index contributed by atoms with van der Waals surface area (Å²) in [6, 6.07) is 13.7. The Balaban J connectivity index is 2.06. The number of rotatable bonds is 4. The normalized spacial score (nSPS) is 11.7. The van der Waals surface area contributed by atoms with Crippen molar-refractivity contribution in [3.8, 4) is 0 Å². The molecule has 3 N–H and O–H groups in total. The quantitative estimate of drug-likeness (QED) is 0.769. The molecular weight excluding hydrogens is 338 g/mol. The van der Waals surface area contributed by atoms with E-state index in [4.69, 9.17) is 0 Å². The minimum Gasteiger partial charge on any atom is -0.308 e. The number of anilines is 3. The lowest BCUT2D eigenvalue weighted by atomic mass is 9.86. The van der Waals surface area contributed by atoms with Crippen LogP contribution in [0.25, 0.3) is 0 Å². The van der Waals surface area contributed by atoms with Crippen LogP contribution >= 0.6 is 0 Å². The summed E-state index contributed by atoms with van der Waals surface area (Å²) in [6.07, 6.45) is 1.08. The van der Waals surface area contributed by atoms with Crippen LogP contribution in [0.2, 0.25) is 0 Å². The van der Waals surface area contributed by atoms with E-state index in [9.17, 15) is 13.2 Å². The predicted octanol–water partition coefficient (Wildman–Crippen LogP) is 4.00. The lowest BCUT2D eigenvalue weighted by Crippen LogP contribution is -2.22. The maximum Gasteiger partial charge on any atom is 0.323 e. The third-order valence-corrected chi connectivity index (χ3v) is 4.04. The van der Waals surface area contributed by atoms with Gasteiger partial charge < -0.3 is 10.6 Å². The predicted molar refractivity (Wildman–Crippen MR) is 103 cm³/mol. The molecule has 0 heterocycles. The first-order chi connectivity index (χ1) is 11.5. The fraction of sp³-hybridized carbons (Fsp3) is 0.278. The van der Waals surface area contributed by atoms with Crippen LogP contribution in [0.5, 0.6) is 0 Å². The molecule has 2 aromatic rings. The molecular formula is C18H23N3O3S. The van der Waals surface area contributed by atoms with Crippen molar-refractivity contribution in [2.75, 3.05) is 21.6 Å². The third-order valence-electron chi connectivity index (χ3n) is 3.43. The number of benzene rings is 2. The molecule has 25 heavy (non-hydrogen) atoms. The topological polar surface area (TPSA) is 87.3 Å². The highest BCUT2D eigenvalue weighted by Gasteiger charge is 2.18. The van der Waals surface area contributed by atoms with Gasteiger partial charge in [0.15, 0.2) is 0 Å². The number of hydrogen-bond donors (Lipinski definition) is 3. The van der Waals surface area contributed by atoms with Crippen molar-refractivity contribution in [3.05, 3.63) is 54.1 Å². The SMILES string of the molecule is CC(C)(C)c1ccccc1NC(=O)Nc1ccc(NS(C)(=O)=O)cc1. The summed E-state index contributed by atoms with van der Waals surface area (Å²) in [6.45, 7) is 6.25. The van der Waals surface area contributed by atoms with Gasteiger partial charge in [0.1, 0.15) is 0 Å². The fourth-order valence-electron chi connectivity index (χ4n) is 2.37. The molecule has 6 nitrogen and oxygen atoms in total. The monoisotopic (exact) mass is 361 g/mol. The summed E-state index contributed by atoms with van der Waals surface area (Å²) in [5, 5.41) is 5.59. The van der Waals surface area contributed by atoms with Crippen molar-refractivity contribution in [2.24, 2.45) is 0 Å². The molecule has 2 rings (SSSR count). The highest BCUT2D eigenvalue weighted by molar-refractivity contribution is 7.92. The van der Waals surface area contributed by atoms with Gasteiger partial charge in [-0.1, -0.05) is 39.0 Å². The second-order valence-electron chi connectivity index (χ2n) is 6.83. The molecule has 0 unspecified atom stereocenters. The number of nitrogens with one attached hydrogen (secondary N) is 3. The van der Waals surface area contributed by atoms with Gasteiger partial charge in [-0.2, -0.15) is 0 Å². The summed E-state index contributed by atoms with van der Waals surface area (Å²) < 4.78 is 24.7. The van der Waals surface area contributed by atoms with E-state index in [1.165, 1.54) is 0 Å². The average molecular weight is 361 g/mol. The highest BCUT2D eigenvalue weighted by Crippen LogP contribution is 2.29. The standard InChI is InChI=1S/C18H23N3O3S/c1-18(2,3)15-7-5-6-8-16(15)20-17(22)19-13-9-11-14(12-10-13)21-25(4,23)24/h5-12,21H,1-4H3,(H2,19,20,22). The average Bonchev–Trinajstić information content (AvgIpc) is 2.47. The molecule has 2 amide bonds. The van der Waals surface area contributed by atoms with Crippen LogP contribution in [0.1, 0.15) is 26.3 Å². The third kappa shape index (κ3) is 5.79. The minimum atomic E-state index is -3.32. The molecule has 0 spiro atoms. The van der Waals surface area contributed by atoms with Crippen molar-refractivity contribution < 1.29 is 13.2 Å². The molecule has 0 aliphatic heterocycles. The maximum absolute atomic E-state index is 12.2. The Kier molecular flexibility index (Phi) is 5.37. The lowest BCUT2D eigenvalue weighted by molar-refractivity contribution is 0.262. The second-order valence-corrected chi connectivity index (χ2v) is 8.57. The van der Waals surface area contributed by atoms with Crippen LogP contribution in [0.4, 0.5) is 21.9 Å². The van der Waals surface area contributed by atoms with Gasteiger partial charge >= 0.3 is 6.03 Å².